The van der Waals surface area contributed by atoms with Crippen molar-refractivity contribution in [2.75, 3.05) is 12.3 Å². The molecule has 1 aliphatic rings. The van der Waals surface area contributed by atoms with Crippen molar-refractivity contribution in [1.29, 1.82) is 0 Å². The van der Waals surface area contributed by atoms with Crippen LogP contribution in [0.15, 0.2) is 52.6 Å². The lowest BCUT2D eigenvalue weighted by Crippen LogP contribution is -2.43. The Morgan fingerprint density at radius 2 is 1.91 bits per heavy atom. The Hall–Kier alpha value is -2.69. The van der Waals surface area contributed by atoms with Crippen molar-refractivity contribution < 1.29 is 23.1 Å². The number of benzene rings is 2. The zero-order valence-electron chi connectivity index (χ0n) is 19.2. The third kappa shape index (κ3) is 6.12. The first kappa shape index (κ1) is 25.4. The Labute approximate surface area is 212 Å². The lowest BCUT2D eigenvalue weighted by Gasteiger charge is -2.32. The van der Waals surface area contributed by atoms with Crippen molar-refractivity contribution in [3.63, 3.8) is 0 Å². The quantitative estimate of drug-likeness (QED) is 0.469. The van der Waals surface area contributed by atoms with Gasteiger partial charge in [0.2, 0.25) is 4.80 Å². The number of hydrogen-bond donors (Lipinski definition) is 1. The van der Waals surface area contributed by atoms with Crippen LogP contribution in [0.3, 0.4) is 0 Å². The molecule has 0 saturated carbocycles. The van der Waals surface area contributed by atoms with Gasteiger partial charge in [-0.25, -0.2) is 8.42 Å². The first-order valence-corrected chi connectivity index (χ1v) is 14.1. The molecule has 8 nitrogen and oxygen atoms in total. The largest absolute Gasteiger partial charge is 0.480 e. The van der Waals surface area contributed by atoms with Gasteiger partial charge in [-0.3, -0.25) is 14.6 Å². The van der Waals surface area contributed by atoms with Crippen molar-refractivity contribution in [3.8, 4) is 0 Å². The van der Waals surface area contributed by atoms with Crippen LogP contribution in [-0.2, 0) is 26.0 Å². The number of carboxylic acid groups (broad SMARTS) is 1. The summed E-state index contributed by atoms with van der Waals surface area (Å²) in [7, 11) is -3.66. The van der Waals surface area contributed by atoms with E-state index in [-0.39, 0.29) is 29.4 Å². The Bertz CT molecular complexity index is 1440. The number of ketones is 1. The molecule has 186 valence electrons. The number of Topliss-reactive ketones (excluding diaryl/α,β-unsaturated/α-hetero) is 1. The second-order valence-electron chi connectivity index (χ2n) is 8.61. The van der Waals surface area contributed by atoms with Gasteiger partial charge >= 0.3 is 5.97 Å². The predicted molar refractivity (Wildman–Crippen MR) is 135 cm³/mol. The molecule has 1 aliphatic heterocycles. The average molecular weight is 536 g/mol. The van der Waals surface area contributed by atoms with E-state index >= 15 is 0 Å². The molecular formula is C24H26ClN3O5S2. The monoisotopic (exact) mass is 535 g/mol. The number of thiazole rings is 1. The van der Waals surface area contributed by atoms with E-state index in [1.165, 1.54) is 11.3 Å². The number of carbonyl (C=O) groups is 2. The number of halogens is 1. The molecule has 0 aliphatic carbocycles. The molecule has 3 aromatic rings. The van der Waals surface area contributed by atoms with Crippen LogP contribution in [0.4, 0.5) is 0 Å². The first-order valence-electron chi connectivity index (χ1n) is 11.3. The van der Waals surface area contributed by atoms with E-state index in [4.69, 9.17) is 16.7 Å². The molecule has 1 fully saturated rings. The summed E-state index contributed by atoms with van der Waals surface area (Å²) in [6, 6.07) is 9.58. The maximum Gasteiger partial charge on any atom is 0.323 e. The number of fused-ring (bicyclic) bond motifs is 1. The van der Waals surface area contributed by atoms with Gasteiger partial charge in [0.15, 0.2) is 15.6 Å². The highest BCUT2D eigenvalue weighted by molar-refractivity contribution is 7.91. The summed E-state index contributed by atoms with van der Waals surface area (Å²) in [5, 5.41) is 17.7. The van der Waals surface area contributed by atoms with Crippen LogP contribution in [0.2, 0.25) is 5.02 Å². The van der Waals surface area contributed by atoms with Crippen LogP contribution in [0.1, 0.15) is 30.6 Å². The number of hydrogen-bond acceptors (Lipinski definition) is 7. The van der Waals surface area contributed by atoms with Gasteiger partial charge in [0.1, 0.15) is 12.6 Å². The Morgan fingerprint density at radius 1 is 1.17 bits per heavy atom. The number of aliphatic carboxylic acids is 1. The van der Waals surface area contributed by atoms with E-state index in [0.29, 0.717) is 22.8 Å². The zero-order chi connectivity index (χ0) is 25.2. The standard InChI is InChI=1S/C24H26ClN3O5S2/c1-16-14-27(15-23(30)31)24(34-16)26-28-10-3-2-4-21(28)22(29)9-11-35(32,33)20-8-6-17-12-19(25)7-5-18(17)13-20/h5-8,12-14,21H,2-4,9-11,15H2,1H3,(H,30,31)/b26-24-. The number of piperidine rings is 1. The number of sulfone groups is 1. The van der Waals surface area contributed by atoms with Gasteiger partial charge in [-0.05, 0) is 61.2 Å². The van der Waals surface area contributed by atoms with Crippen LogP contribution in [0, 0.1) is 6.92 Å². The number of rotatable bonds is 8. The maximum absolute atomic E-state index is 13.1. The smallest absolute Gasteiger partial charge is 0.323 e. The van der Waals surface area contributed by atoms with Crippen molar-refractivity contribution in [1.82, 2.24) is 9.58 Å². The molecule has 0 radical (unpaired) electrons. The molecule has 0 bridgehead atoms. The van der Waals surface area contributed by atoms with Crippen molar-refractivity contribution >= 4 is 55.3 Å². The Morgan fingerprint density at radius 3 is 2.69 bits per heavy atom. The molecule has 11 heteroatoms. The summed E-state index contributed by atoms with van der Waals surface area (Å²) in [4.78, 5) is 25.9. The second-order valence-corrected chi connectivity index (χ2v) is 12.4. The van der Waals surface area contributed by atoms with Crippen LogP contribution >= 0.6 is 22.9 Å². The molecule has 0 spiro atoms. The van der Waals surface area contributed by atoms with Crippen LogP contribution in [-0.4, -0.2) is 53.2 Å². The number of aromatic nitrogens is 1. The topological polar surface area (TPSA) is 109 Å². The second kappa shape index (κ2) is 10.5. The Balaban J connectivity index is 1.50. The highest BCUT2D eigenvalue weighted by Crippen LogP contribution is 2.24. The minimum Gasteiger partial charge on any atom is -0.480 e. The maximum atomic E-state index is 13.1. The van der Waals surface area contributed by atoms with E-state index in [0.717, 1.165) is 28.5 Å². The summed E-state index contributed by atoms with van der Waals surface area (Å²) in [6.07, 6.45) is 3.90. The molecule has 35 heavy (non-hydrogen) atoms. The molecule has 1 N–H and O–H groups in total. The third-order valence-electron chi connectivity index (χ3n) is 5.95. The van der Waals surface area contributed by atoms with Crippen LogP contribution in [0.5, 0.6) is 0 Å². The third-order valence-corrected chi connectivity index (χ3v) is 8.83. The molecule has 2 aromatic carbocycles. The molecule has 2 heterocycles. The minimum absolute atomic E-state index is 0.115. The van der Waals surface area contributed by atoms with Gasteiger partial charge in [0.05, 0.1) is 10.6 Å². The molecule has 4 rings (SSSR count). The van der Waals surface area contributed by atoms with Gasteiger partial charge in [0, 0.05) is 29.1 Å². The Kier molecular flexibility index (Phi) is 7.63. The normalized spacial score (nSPS) is 17.1. The average Bonchev–Trinajstić information content (AvgIpc) is 3.15. The summed E-state index contributed by atoms with van der Waals surface area (Å²) in [5.74, 6) is -1.44. The highest BCUT2D eigenvalue weighted by Gasteiger charge is 2.29. The molecular weight excluding hydrogens is 510 g/mol. The molecule has 1 aromatic heterocycles. The van der Waals surface area contributed by atoms with E-state index in [2.05, 4.69) is 5.10 Å². The van der Waals surface area contributed by atoms with Gasteiger partial charge in [-0.1, -0.05) is 23.7 Å². The lowest BCUT2D eigenvalue weighted by molar-refractivity contribution is -0.137. The fourth-order valence-electron chi connectivity index (χ4n) is 4.22. The predicted octanol–water partition coefficient (Wildman–Crippen LogP) is 3.85. The summed E-state index contributed by atoms with van der Waals surface area (Å²) < 4.78 is 27.5. The van der Waals surface area contributed by atoms with Crippen molar-refractivity contribution in [2.45, 2.75) is 50.1 Å². The molecule has 1 atom stereocenters. The number of aryl methyl sites for hydroxylation is 1. The van der Waals surface area contributed by atoms with E-state index < -0.39 is 21.8 Å². The number of carbonyl (C=O) groups excluding carboxylic acids is 1. The highest BCUT2D eigenvalue weighted by atomic mass is 35.5. The van der Waals surface area contributed by atoms with Crippen LogP contribution in [0.25, 0.3) is 10.8 Å². The lowest BCUT2D eigenvalue weighted by atomic mass is 9.99. The summed E-state index contributed by atoms with van der Waals surface area (Å²) >= 11 is 7.36. The van der Waals surface area contributed by atoms with Gasteiger partial charge < -0.3 is 9.67 Å². The zero-order valence-corrected chi connectivity index (χ0v) is 21.6. The molecule has 0 amide bonds. The minimum atomic E-state index is -3.66. The summed E-state index contributed by atoms with van der Waals surface area (Å²) in [6.45, 7) is 2.21. The summed E-state index contributed by atoms with van der Waals surface area (Å²) in [5.41, 5.74) is 0. The number of carboxylic acids is 1. The van der Waals surface area contributed by atoms with E-state index in [1.807, 2.05) is 6.92 Å². The number of nitrogens with zero attached hydrogens (tertiary/aromatic N) is 3. The van der Waals surface area contributed by atoms with Crippen molar-refractivity contribution in [3.05, 3.63) is 57.3 Å². The SMILES string of the molecule is Cc1cn(CC(=O)O)/c(=N/N2CCCCC2C(=O)CCS(=O)(=O)c2ccc3cc(Cl)ccc3c2)s1. The fourth-order valence-corrected chi connectivity index (χ4v) is 6.54. The first-order chi connectivity index (χ1) is 16.6. The molecule has 1 unspecified atom stereocenters. The van der Waals surface area contributed by atoms with E-state index in [9.17, 15) is 18.0 Å². The van der Waals surface area contributed by atoms with Gasteiger partial charge in [0.25, 0.3) is 0 Å². The van der Waals surface area contributed by atoms with Crippen molar-refractivity contribution in [2.24, 2.45) is 5.10 Å². The fraction of sp³-hybridized carbons (Fsp3) is 0.375. The van der Waals surface area contributed by atoms with E-state index in [1.54, 1.807) is 52.2 Å². The molecule has 1 saturated heterocycles. The van der Waals surface area contributed by atoms with Crippen LogP contribution < -0.4 is 4.80 Å². The van der Waals surface area contributed by atoms with Gasteiger partial charge in [-0.15, -0.1) is 16.4 Å². The van der Waals surface area contributed by atoms with Gasteiger partial charge in [-0.2, -0.15) is 0 Å².